The molecular weight excluding hydrogens is 305 g/mol. The molecule has 18 heavy (non-hydrogen) atoms. The van der Waals surface area contributed by atoms with Crippen molar-refractivity contribution in [2.45, 2.75) is 37.2 Å². The number of benzene rings is 1. The summed E-state index contributed by atoms with van der Waals surface area (Å²) in [4.78, 5) is 0.349. The highest BCUT2D eigenvalue weighted by Crippen LogP contribution is 2.41. The van der Waals surface area contributed by atoms with E-state index >= 15 is 0 Å². The highest BCUT2D eigenvalue weighted by Gasteiger charge is 2.32. The van der Waals surface area contributed by atoms with E-state index in [9.17, 15) is 13.2 Å². The van der Waals surface area contributed by atoms with Crippen molar-refractivity contribution in [2.24, 2.45) is 11.8 Å². The Morgan fingerprint density at radius 1 is 1.22 bits per heavy atom. The van der Waals surface area contributed by atoms with Gasteiger partial charge in [0.05, 0.1) is 5.56 Å². The Morgan fingerprint density at radius 3 is 2.22 bits per heavy atom. The molecule has 1 saturated carbocycles. The summed E-state index contributed by atoms with van der Waals surface area (Å²) in [7, 11) is 0. The first-order valence-electron chi connectivity index (χ1n) is 6.18. The highest BCUT2D eigenvalue weighted by molar-refractivity contribution is 9.09. The van der Waals surface area contributed by atoms with Crippen molar-refractivity contribution < 1.29 is 13.2 Å². The van der Waals surface area contributed by atoms with E-state index in [1.807, 2.05) is 0 Å². The van der Waals surface area contributed by atoms with Crippen LogP contribution in [-0.4, -0.2) is 4.83 Å². The molecule has 2 unspecified atom stereocenters. The predicted octanol–water partition coefficient (Wildman–Crippen LogP) is 5.06. The van der Waals surface area contributed by atoms with Gasteiger partial charge in [0.15, 0.2) is 0 Å². The first kappa shape index (κ1) is 13.9. The van der Waals surface area contributed by atoms with Gasteiger partial charge >= 0.3 is 6.18 Å². The lowest BCUT2D eigenvalue weighted by Gasteiger charge is -2.18. The van der Waals surface area contributed by atoms with Crippen LogP contribution < -0.4 is 0 Å². The van der Waals surface area contributed by atoms with Gasteiger partial charge in [0.1, 0.15) is 0 Å². The molecule has 0 amide bonds. The third-order valence-electron chi connectivity index (χ3n) is 3.65. The van der Waals surface area contributed by atoms with Gasteiger partial charge < -0.3 is 0 Å². The maximum atomic E-state index is 12.4. The molecule has 2 rings (SSSR count). The minimum Gasteiger partial charge on any atom is -0.166 e. The zero-order chi connectivity index (χ0) is 13.3. The van der Waals surface area contributed by atoms with E-state index in [2.05, 4.69) is 22.9 Å². The van der Waals surface area contributed by atoms with E-state index in [1.165, 1.54) is 12.8 Å². The summed E-state index contributed by atoms with van der Waals surface area (Å²) in [6, 6.07) is 5.49. The lowest BCUT2D eigenvalue weighted by atomic mass is 9.96. The summed E-state index contributed by atoms with van der Waals surface area (Å²) in [6.07, 6.45) is -0.879. The summed E-state index contributed by atoms with van der Waals surface area (Å²) in [5.74, 6) is 1.39. The zero-order valence-electron chi connectivity index (χ0n) is 10.2. The van der Waals surface area contributed by atoms with Crippen molar-refractivity contribution in [2.75, 3.05) is 0 Å². The van der Waals surface area contributed by atoms with E-state index in [4.69, 9.17) is 0 Å². The quantitative estimate of drug-likeness (QED) is 0.680. The van der Waals surface area contributed by atoms with E-state index in [1.54, 1.807) is 12.1 Å². The van der Waals surface area contributed by atoms with Crippen LogP contribution in [0.1, 0.15) is 30.9 Å². The van der Waals surface area contributed by atoms with E-state index in [0.717, 1.165) is 30.0 Å². The van der Waals surface area contributed by atoms with Gasteiger partial charge in [0.2, 0.25) is 0 Å². The van der Waals surface area contributed by atoms with Crippen molar-refractivity contribution in [3.8, 4) is 0 Å². The highest BCUT2D eigenvalue weighted by atomic mass is 79.9. The summed E-state index contributed by atoms with van der Waals surface area (Å²) in [5.41, 5.74) is 0.380. The second-order valence-electron chi connectivity index (χ2n) is 5.11. The van der Waals surface area contributed by atoms with Gasteiger partial charge in [0.25, 0.3) is 0 Å². The average Bonchev–Trinajstić information content (AvgIpc) is 3.11. The molecule has 1 aromatic carbocycles. The smallest absolute Gasteiger partial charge is 0.166 e. The van der Waals surface area contributed by atoms with Gasteiger partial charge in [0, 0.05) is 4.83 Å². The van der Waals surface area contributed by atoms with Crippen LogP contribution in [0.4, 0.5) is 13.2 Å². The molecule has 4 heteroatoms. The lowest BCUT2D eigenvalue weighted by Crippen LogP contribution is -2.16. The van der Waals surface area contributed by atoms with Crippen LogP contribution >= 0.6 is 15.9 Å². The molecule has 0 bridgehead atoms. The van der Waals surface area contributed by atoms with Crippen LogP contribution in [0.15, 0.2) is 24.3 Å². The van der Waals surface area contributed by atoms with Crippen molar-refractivity contribution >= 4 is 15.9 Å². The topological polar surface area (TPSA) is 0 Å². The Balaban J connectivity index is 1.97. The molecule has 0 saturated heterocycles. The zero-order valence-corrected chi connectivity index (χ0v) is 11.8. The molecule has 1 aliphatic carbocycles. The van der Waals surface area contributed by atoms with Crippen LogP contribution in [-0.2, 0) is 12.6 Å². The van der Waals surface area contributed by atoms with Gasteiger partial charge in [-0.2, -0.15) is 13.2 Å². The molecule has 0 N–H and O–H groups in total. The van der Waals surface area contributed by atoms with Gasteiger partial charge in [-0.3, -0.25) is 0 Å². The molecule has 0 radical (unpaired) electrons. The first-order chi connectivity index (χ1) is 8.38. The predicted molar refractivity (Wildman–Crippen MR) is 69.8 cm³/mol. The maximum absolute atomic E-state index is 12.4. The van der Waals surface area contributed by atoms with E-state index < -0.39 is 11.7 Å². The van der Waals surface area contributed by atoms with Crippen LogP contribution in [0.2, 0.25) is 0 Å². The monoisotopic (exact) mass is 320 g/mol. The molecule has 100 valence electrons. The second-order valence-corrected chi connectivity index (χ2v) is 6.29. The molecule has 0 spiro atoms. The minimum atomic E-state index is -4.24. The minimum absolute atomic E-state index is 0.349. The molecule has 0 nitrogen and oxygen atoms in total. The summed E-state index contributed by atoms with van der Waals surface area (Å²) in [6.45, 7) is 2.21. The lowest BCUT2D eigenvalue weighted by molar-refractivity contribution is -0.137. The molecular formula is C14H16BrF3. The van der Waals surface area contributed by atoms with Crippen molar-refractivity contribution in [3.05, 3.63) is 35.4 Å². The van der Waals surface area contributed by atoms with Crippen molar-refractivity contribution in [1.82, 2.24) is 0 Å². The number of rotatable bonds is 4. The number of halogens is 4. The molecule has 1 aromatic rings. The second kappa shape index (κ2) is 5.24. The SMILES string of the molecule is CC(C(Br)Cc1ccc(C(F)(F)F)cc1)C1CC1. The molecule has 2 atom stereocenters. The van der Waals surface area contributed by atoms with Crippen LogP contribution in [0.25, 0.3) is 0 Å². The van der Waals surface area contributed by atoms with Crippen LogP contribution in [0.3, 0.4) is 0 Å². The van der Waals surface area contributed by atoms with Gasteiger partial charge in [-0.1, -0.05) is 35.0 Å². The summed E-state index contributed by atoms with van der Waals surface area (Å²) < 4.78 is 37.2. The fourth-order valence-electron chi connectivity index (χ4n) is 2.16. The van der Waals surface area contributed by atoms with Crippen LogP contribution in [0, 0.1) is 11.8 Å². The molecule has 0 heterocycles. The van der Waals surface area contributed by atoms with Crippen molar-refractivity contribution in [1.29, 1.82) is 0 Å². The Morgan fingerprint density at radius 2 is 1.78 bits per heavy atom. The molecule has 1 fully saturated rings. The molecule has 0 aliphatic heterocycles. The third kappa shape index (κ3) is 3.50. The van der Waals surface area contributed by atoms with E-state index in [0.29, 0.717) is 10.7 Å². The Labute approximate surface area is 114 Å². The summed E-state index contributed by atoms with van der Waals surface area (Å²) >= 11 is 3.66. The van der Waals surface area contributed by atoms with Crippen LogP contribution in [0.5, 0.6) is 0 Å². The normalized spacial score (nSPS) is 19.6. The summed E-state index contributed by atoms with van der Waals surface area (Å²) in [5, 5.41) is 0. The first-order valence-corrected chi connectivity index (χ1v) is 7.09. The fourth-order valence-corrected chi connectivity index (χ4v) is 2.96. The van der Waals surface area contributed by atoms with E-state index in [-0.39, 0.29) is 0 Å². The Kier molecular flexibility index (Phi) is 4.05. The third-order valence-corrected chi connectivity index (χ3v) is 4.81. The standard InChI is InChI=1S/C14H16BrF3/c1-9(11-4-5-11)13(15)8-10-2-6-12(7-3-10)14(16,17)18/h2-3,6-7,9,11,13H,4-5,8H2,1H3. The maximum Gasteiger partial charge on any atom is 0.416 e. The Bertz CT molecular complexity index is 392. The molecule has 1 aliphatic rings. The number of hydrogen-bond acceptors (Lipinski definition) is 0. The van der Waals surface area contributed by atoms with Gasteiger partial charge in [-0.15, -0.1) is 0 Å². The number of alkyl halides is 4. The Hall–Kier alpha value is -0.510. The van der Waals surface area contributed by atoms with Crippen molar-refractivity contribution in [3.63, 3.8) is 0 Å². The fraction of sp³-hybridized carbons (Fsp3) is 0.571. The van der Waals surface area contributed by atoms with Gasteiger partial charge in [-0.05, 0) is 48.8 Å². The van der Waals surface area contributed by atoms with Gasteiger partial charge in [-0.25, -0.2) is 0 Å². The molecule has 0 aromatic heterocycles. The average molecular weight is 321 g/mol. The number of hydrogen-bond donors (Lipinski definition) is 0. The largest absolute Gasteiger partial charge is 0.416 e.